The average molecular weight is 559 g/mol. The molecular formula is C29H43ClN6O3. The largest absolute Gasteiger partial charge is 0.493 e. The van der Waals surface area contributed by atoms with Crippen molar-refractivity contribution in [2.24, 2.45) is 11.8 Å². The zero-order valence-corrected chi connectivity index (χ0v) is 24.1. The Morgan fingerprint density at radius 1 is 1.00 bits per heavy atom. The van der Waals surface area contributed by atoms with Gasteiger partial charge in [0, 0.05) is 49.7 Å². The first-order chi connectivity index (χ1) is 19.1. The lowest BCUT2D eigenvalue weighted by molar-refractivity contribution is -0.118. The number of rotatable bonds is 13. The maximum absolute atomic E-state index is 11.3. The van der Waals surface area contributed by atoms with Crippen LogP contribution in [0.2, 0.25) is 0 Å². The highest BCUT2D eigenvalue weighted by Gasteiger charge is 2.42. The molecule has 3 atom stereocenters. The normalized spacial score (nSPS) is 23.2. The van der Waals surface area contributed by atoms with Crippen LogP contribution in [0.5, 0.6) is 11.5 Å². The Morgan fingerprint density at radius 2 is 1.77 bits per heavy atom. The number of amides is 1. The molecule has 2 bridgehead atoms. The smallest absolute Gasteiger partial charge is 0.234 e. The fourth-order valence-electron chi connectivity index (χ4n) is 6.77. The molecule has 9 nitrogen and oxygen atoms in total. The number of benzene rings is 1. The number of alkyl halides is 1. The van der Waals surface area contributed by atoms with Crippen LogP contribution >= 0.6 is 11.6 Å². The van der Waals surface area contributed by atoms with Gasteiger partial charge in [0.05, 0.1) is 19.7 Å². The van der Waals surface area contributed by atoms with Gasteiger partial charge >= 0.3 is 0 Å². The first kappa shape index (κ1) is 28.0. The third-order valence-electron chi connectivity index (χ3n) is 8.82. The summed E-state index contributed by atoms with van der Waals surface area (Å²) >= 11 is 5.52. The van der Waals surface area contributed by atoms with Crippen LogP contribution in [0.1, 0.15) is 57.8 Å². The molecule has 5 rings (SSSR count). The van der Waals surface area contributed by atoms with Gasteiger partial charge in [-0.2, -0.15) is 4.98 Å². The van der Waals surface area contributed by atoms with Gasteiger partial charge in [-0.05, 0) is 69.3 Å². The summed E-state index contributed by atoms with van der Waals surface area (Å²) in [6.45, 7) is 3.71. The number of carbonyl (C=O) groups is 1. The van der Waals surface area contributed by atoms with Crippen molar-refractivity contribution < 1.29 is 14.3 Å². The molecule has 3 unspecified atom stereocenters. The number of unbranched alkanes of at least 4 members (excludes halogenated alkanes) is 2. The summed E-state index contributed by atoms with van der Waals surface area (Å²) in [6.07, 6.45) is 10.9. The van der Waals surface area contributed by atoms with Crippen molar-refractivity contribution in [1.29, 1.82) is 0 Å². The van der Waals surface area contributed by atoms with Gasteiger partial charge in [-0.25, -0.2) is 4.98 Å². The van der Waals surface area contributed by atoms with E-state index in [1.54, 1.807) is 14.2 Å². The van der Waals surface area contributed by atoms with Gasteiger partial charge in [-0.1, -0.05) is 6.42 Å². The Labute approximate surface area is 236 Å². The van der Waals surface area contributed by atoms with Gasteiger partial charge in [0.25, 0.3) is 0 Å². The second kappa shape index (κ2) is 13.2. The molecule has 2 saturated carbocycles. The first-order valence-electron chi connectivity index (χ1n) is 14.6. The van der Waals surface area contributed by atoms with Gasteiger partial charge in [0.1, 0.15) is 11.7 Å². The molecule has 2 aliphatic carbocycles. The second-order valence-electron chi connectivity index (χ2n) is 11.3. The Morgan fingerprint density at radius 3 is 2.46 bits per heavy atom. The molecule has 3 fully saturated rings. The number of aromatic nitrogens is 2. The standard InChI is InChI=1S/C29H43ClN6O3/c1-38-25-16-22-23(17-26(25)39-2)34-29(32-11-5-3-4-10-31-27(37)18-30)35-28(22)33-21-8-12-36(13-9-21)24-15-19-6-7-20(24)14-19/h16-17,19-21,24H,3-15,18H2,1-2H3,(H,31,37)(H2,32,33,34,35). The molecule has 0 radical (unpaired) electrons. The van der Waals surface area contributed by atoms with E-state index in [0.29, 0.717) is 30.0 Å². The van der Waals surface area contributed by atoms with E-state index in [2.05, 4.69) is 20.9 Å². The maximum Gasteiger partial charge on any atom is 0.234 e. The molecule has 3 N–H and O–H groups in total. The van der Waals surface area contributed by atoms with E-state index in [4.69, 9.17) is 31.0 Å². The fourth-order valence-corrected chi connectivity index (χ4v) is 6.87. The topological polar surface area (TPSA) is 101 Å². The van der Waals surface area contributed by atoms with Crippen molar-refractivity contribution in [3.8, 4) is 11.5 Å². The molecule has 2 aromatic rings. The molecule has 39 heavy (non-hydrogen) atoms. The molecule has 1 saturated heterocycles. The molecule has 1 aromatic carbocycles. The number of likely N-dealkylation sites (tertiary alicyclic amines) is 1. The van der Waals surface area contributed by atoms with Crippen molar-refractivity contribution in [1.82, 2.24) is 20.2 Å². The minimum absolute atomic E-state index is 0.00834. The van der Waals surface area contributed by atoms with Gasteiger partial charge in [0.2, 0.25) is 11.9 Å². The highest BCUT2D eigenvalue weighted by molar-refractivity contribution is 6.27. The SMILES string of the molecule is COc1cc2nc(NCCCCCNC(=O)CCl)nc(NC3CCN(C4CC5CCC4C5)CC3)c2cc1OC. The summed E-state index contributed by atoms with van der Waals surface area (Å²) in [5, 5.41) is 10.9. The number of hydrogen-bond donors (Lipinski definition) is 3. The van der Waals surface area contributed by atoms with Crippen LogP contribution in [0.15, 0.2) is 12.1 Å². The van der Waals surface area contributed by atoms with Gasteiger partial charge < -0.3 is 25.4 Å². The summed E-state index contributed by atoms with van der Waals surface area (Å²) in [4.78, 5) is 23.7. The Bertz CT molecular complexity index is 1130. The molecule has 2 heterocycles. The summed E-state index contributed by atoms with van der Waals surface area (Å²) in [5.41, 5.74) is 0.816. The number of ether oxygens (including phenoxy) is 2. The molecule has 1 aromatic heterocycles. The number of nitrogens with zero attached hydrogens (tertiary/aromatic N) is 3. The van der Waals surface area contributed by atoms with Crippen LogP contribution in [-0.4, -0.2) is 79.1 Å². The quantitative estimate of drug-likeness (QED) is 0.241. The predicted octanol–water partition coefficient (Wildman–Crippen LogP) is 4.65. The predicted molar refractivity (Wildman–Crippen MR) is 156 cm³/mol. The summed E-state index contributed by atoms with van der Waals surface area (Å²) in [5.74, 6) is 4.57. The lowest BCUT2D eigenvalue weighted by atomic mass is 9.92. The zero-order valence-electron chi connectivity index (χ0n) is 23.3. The first-order valence-corrected chi connectivity index (χ1v) is 15.1. The average Bonchev–Trinajstić information content (AvgIpc) is 3.60. The molecule has 0 spiro atoms. The van der Waals surface area contributed by atoms with Crippen LogP contribution in [-0.2, 0) is 4.79 Å². The summed E-state index contributed by atoms with van der Waals surface area (Å²) in [7, 11) is 3.29. The van der Waals surface area contributed by atoms with Crippen molar-refractivity contribution in [2.45, 2.75) is 69.9 Å². The number of halogens is 1. The van der Waals surface area contributed by atoms with Crippen LogP contribution in [0.4, 0.5) is 11.8 Å². The molecule has 3 aliphatic rings. The molecular weight excluding hydrogens is 516 g/mol. The van der Waals surface area contributed by atoms with Gasteiger partial charge in [-0.15, -0.1) is 11.6 Å². The third kappa shape index (κ3) is 6.80. The van der Waals surface area contributed by atoms with Crippen LogP contribution in [0.25, 0.3) is 10.9 Å². The third-order valence-corrected chi connectivity index (χ3v) is 9.06. The maximum atomic E-state index is 11.3. The lowest BCUT2D eigenvalue weighted by Crippen LogP contribution is -2.46. The molecule has 214 valence electrons. The van der Waals surface area contributed by atoms with E-state index in [9.17, 15) is 4.79 Å². The van der Waals surface area contributed by atoms with E-state index in [1.165, 1.54) is 25.7 Å². The van der Waals surface area contributed by atoms with E-state index in [1.807, 2.05) is 12.1 Å². The highest BCUT2D eigenvalue weighted by Crippen LogP contribution is 2.47. The number of piperidine rings is 1. The molecule has 10 heteroatoms. The molecule has 1 amide bonds. The minimum atomic E-state index is -0.123. The minimum Gasteiger partial charge on any atom is -0.493 e. The van der Waals surface area contributed by atoms with Crippen molar-refractivity contribution in [3.63, 3.8) is 0 Å². The monoisotopic (exact) mass is 558 g/mol. The van der Waals surface area contributed by atoms with Crippen LogP contribution < -0.4 is 25.4 Å². The van der Waals surface area contributed by atoms with Gasteiger partial charge in [-0.3, -0.25) is 9.69 Å². The molecule has 1 aliphatic heterocycles. The number of carbonyl (C=O) groups excluding carboxylic acids is 1. The van der Waals surface area contributed by atoms with E-state index >= 15 is 0 Å². The van der Waals surface area contributed by atoms with Crippen molar-refractivity contribution >= 4 is 40.2 Å². The number of hydrogen-bond acceptors (Lipinski definition) is 8. The number of anilines is 2. The van der Waals surface area contributed by atoms with Crippen molar-refractivity contribution in [3.05, 3.63) is 12.1 Å². The Balaban J connectivity index is 1.22. The Hall–Kier alpha value is -2.52. The number of fused-ring (bicyclic) bond motifs is 3. The number of nitrogens with one attached hydrogen (secondary N) is 3. The number of methoxy groups -OCH3 is 2. The van der Waals surface area contributed by atoms with E-state index < -0.39 is 0 Å². The van der Waals surface area contributed by atoms with Crippen LogP contribution in [0, 0.1) is 11.8 Å². The van der Waals surface area contributed by atoms with Crippen molar-refractivity contribution in [2.75, 3.05) is 56.9 Å². The second-order valence-corrected chi connectivity index (χ2v) is 11.6. The summed E-state index contributed by atoms with van der Waals surface area (Å²) in [6, 6.07) is 5.08. The highest BCUT2D eigenvalue weighted by atomic mass is 35.5. The van der Waals surface area contributed by atoms with Crippen LogP contribution in [0.3, 0.4) is 0 Å². The Kier molecular flexibility index (Phi) is 9.50. The van der Waals surface area contributed by atoms with Gasteiger partial charge in [0.15, 0.2) is 11.5 Å². The summed E-state index contributed by atoms with van der Waals surface area (Å²) < 4.78 is 11.1. The van der Waals surface area contributed by atoms with E-state index in [-0.39, 0.29) is 11.8 Å². The fraction of sp³-hybridized carbons (Fsp3) is 0.690. The zero-order chi connectivity index (χ0) is 27.2. The van der Waals surface area contributed by atoms with E-state index in [0.717, 1.165) is 86.3 Å². The lowest BCUT2D eigenvalue weighted by Gasteiger charge is -2.40.